The van der Waals surface area contributed by atoms with Crippen LogP contribution in [0, 0.1) is 0 Å². The number of hydrogen-bond acceptors (Lipinski definition) is 5. The van der Waals surface area contributed by atoms with E-state index in [-0.39, 0.29) is 51.4 Å². The van der Waals surface area contributed by atoms with E-state index < -0.39 is 0 Å². The third-order valence-corrected chi connectivity index (χ3v) is 1.30. The predicted octanol–water partition coefficient (Wildman–Crippen LogP) is -2.97. The molecular formula is C2H2KN3S2. The van der Waals surface area contributed by atoms with E-state index in [9.17, 15) is 0 Å². The van der Waals surface area contributed by atoms with Crippen LogP contribution < -0.4 is 57.1 Å². The number of rotatable bonds is 0. The minimum atomic E-state index is 0. The average molecular weight is 171 g/mol. The molecule has 1 aromatic heterocycles. The molecule has 0 aliphatic carbocycles. The second kappa shape index (κ2) is 4.10. The van der Waals surface area contributed by atoms with Crippen molar-refractivity contribution in [1.82, 2.24) is 10.2 Å². The minimum Gasteiger partial charge on any atom is -0.406 e. The summed E-state index contributed by atoms with van der Waals surface area (Å²) in [6.45, 7) is 0. The van der Waals surface area contributed by atoms with Crippen molar-refractivity contribution < 1.29 is 51.4 Å². The molecule has 0 radical (unpaired) electrons. The second-order valence-corrected chi connectivity index (χ2v) is 2.56. The molecule has 0 aliphatic heterocycles. The summed E-state index contributed by atoms with van der Waals surface area (Å²) in [5, 5.41) is 7.37. The van der Waals surface area contributed by atoms with E-state index in [1.54, 1.807) is 0 Å². The summed E-state index contributed by atoms with van der Waals surface area (Å²) in [5.41, 5.74) is 5.16. The zero-order valence-corrected chi connectivity index (χ0v) is 9.04. The Balaban J connectivity index is 0.000000490. The van der Waals surface area contributed by atoms with Crippen LogP contribution in [0.15, 0.2) is 4.34 Å². The van der Waals surface area contributed by atoms with Crippen LogP contribution in [0.3, 0.4) is 0 Å². The molecule has 0 atom stereocenters. The molecule has 3 nitrogen and oxygen atoms in total. The molecule has 0 bridgehead atoms. The first kappa shape index (κ1) is 9.22. The monoisotopic (exact) mass is 171 g/mol. The Morgan fingerprint density at radius 2 is 2.12 bits per heavy atom. The molecule has 1 rings (SSSR count). The Kier molecular flexibility index (Phi) is 4.72. The Morgan fingerprint density at radius 3 is 2.25 bits per heavy atom. The number of aromatic nitrogens is 2. The Morgan fingerprint density at radius 1 is 1.50 bits per heavy atom. The minimum absolute atomic E-state index is 0. The number of nitrogen functional groups attached to an aromatic ring is 1. The van der Waals surface area contributed by atoms with Crippen LogP contribution in [0.5, 0.6) is 0 Å². The van der Waals surface area contributed by atoms with E-state index in [4.69, 9.17) is 5.73 Å². The van der Waals surface area contributed by atoms with Gasteiger partial charge in [0, 0.05) is 0 Å². The Bertz CT molecular complexity index is 148. The summed E-state index contributed by atoms with van der Waals surface area (Å²) in [5.74, 6) is 0. The van der Waals surface area contributed by atoms with Gasteiger partial charge in [0.2, 0.25) is 0 Å². The molecule has 0 spiro atoms. The van der Waals surface area contributed by atoms with Gasteiger partial charge in [-0.3, -0.25) is 0 Å². The van der Waals surface area contributed by atoms with Crippen molar-refractivity contribution in [2.24, 2.45) is 0 Å². The van der Waals surface area contributed by atoms with E-state index in [0.717, 1.165) is 0 Å². The van der Waals surface area contributed by atoms with Gasteiger partial charge in [-0.2, -0.15) is 5.10 Å². The second-order valence-electron chi connectivity index (χ2n) is 0.906. The van der Waals surface area contributed by atoms with Crippen molar-refractivity contribution in [3.8, 4) is 0 Å². The van der Waals surface area contributed by atoms with E-state index >= 15 is 0 Å². The van der Waals surface area contributed by atoms with E-state index in [0.29, 0.717) is 9.47 Å². The molecule has 1 aromatic rings. The zero-order valence-electron chi connectivity index (χ0n) is 4.29. The molecule has 0 unspecified atom stereocenters. The standard InChI is InChI=1S/C2H3N3S2.K/c3-1-4-5-2(6)7-1;/h(H2,3,4)(H,5,6);/q;+1/p-1. The molecule has 0 aliphatic rings. The maximum Gasteiger partial charge on any atom is 1.00 e. The van der Waals surface area contributed by atoms with Crippen LogP contribution in [0.25, 0.3) is 0 Å². The summed E-state index contributed by atoms with van der Waals surface area (Å²) in [6, 6.07) is 0. The smallest absolute Gasteiger partial charge is 0.406 e. The third kappa shape index (κ3) is 2.67. The van der Waals surface area contributed by atoms with Crippen LogP contribution in [0.1, 0.15) is 0 Å². The summed E-state index contributed by atoms with van der Waals surface area (Å²) in [4.78, 5) is 0. The van der Waals surface area contributed by atoms with Gasteiger partial charge in [0.1, 0.15) is 5.13 Å². The molecule has 0 aromatic carbocycles. The largest absolute Gasteiger partial charge is 1.00 e. The molecule has 0 fully saturated rings. The molecule has 8 heavy (non-hydrogen) atoms. The summed E-state index contributed by atoms with van der Waals surface area (Å²) < 4.78 is 0.498. The van der Waals surface area contributed by atoms with Crippen molar-refractivity contribution in [3.05, 3.63) is 0 Å². The van der Waals surface area contributed by atoms with E-state index in [1.807, 2.05) is 0 Å². The van der Waals surface area contributed by atoms with Crippen LogP contribution in [0.4, 0.5) is 5.13 Å². The van der Waals surface area contributed by atoms with Crippen LogP contribution in [-0.4, -0.2) is 10.2 Å². The molecule has 0 saturated heterocycles. The summed E-state index contributed by atoms with van der Waals surface area (Å²) in [7, 11) is 0. The van der Waals surface area contributed by atoms with Crippen molar-refractivity contribution in [1.29, 1.82) is 0 Å². The first-order valence-electron chi connectivity index (χ1n) is 1.55. The zero-order chi connectivity index (χ0) is 5.28. The van der Waals surface area contributed by atoms with E-state index in [1.165, 1.54) is 11.3 Å². The van der Waals surface area contributed by atoms with Crippen LogP contribution in [-0.2, 0) is 12.6 Å². The molecule has 0 saturated carbocycles. The third-order valence-electron chi connectivity index (χ3n) is 0.422. The first-order chi connectivity index (χ1) is 3.29. The quantitative estimate of drug-likeness (QED) is 0.334. The van der Waals surface area contributed by atoms with Crippen LogP contribution >= 0.6 is 11.3 Å². The van der Waals surface area contributed by atoms with Gasteiger partial charge in [0.25, 0.3) is 0 Å². The van der Waals surface area contributed by atoms with E-state index in [2.05, 4.69) is 22.8 Å². The Labute approximate surface area is 98.9 Å². The molecule has 6 heteroatoms. The number of nitrogens with two attached hydrogens (primary N) is 1. The number of nitrogens with zero attached hydrogens (tertiary/aromatic N) is 2. The molecular weight excluding hydrogens is 169 g/mol. The fraction of sp³-hybridized carbons (Fsp3) is 0. The van der Waals surface area contributed by atoms with Crippen molar-refractivity contribution in [2.75, 3.05) is 5.73 Å². The van der Waals surface area contributed by atoms with Crippen molar-refractivity contribution in [3.63, 3.8) is 0 Å². The molecule has 38 valence electrons. The van der Waals surface area contributed by atoms with Gasteiger partial charge >= 0.3 is 51.4 Å². The molecule has 2 N–H and O–H groups in total. The summed E-state index contributed by atoms with van der Waals surface area (Å²) in [6.07, 6.45) is 0. The van der Waals surface area contributed by atoms with Gasteiger partial charge < -0.3 is 29.7 Å². The summed E-state index contributed by atoms with van der Waals surface area (Å²) >= 11 is 5.81. The number of anilines is 1. The fourth-order valence-electron chi connectivity index (χ4n) is 0.220. The van der Waals surface area contributed by atoms with Gasteiger partial charge in [-0.25, -0.2) is 0 Å². The van der Waals surface area contributed by atoms with Gasteiger partial charge in [0.15, 0.2) is 0 Å². The van der Waals surface area contributed by atoms with Gasteiger partial charge in [-0.1, -0.05) is 0 Å². The topological polar surface area (TPSA) is 51.8 Å². The van der Waals surface area contributed by atoms with Gasteiger partial charge in [0.05, 0.1) is 0 Å². The molecule has 0 amide bonds. The average Bonchev–Trinajstić information content (AvgIpc) is 1.87. The first-order valence-corrected chi connectivity index (χ1v) is 2.77. The van der Waals surface area contributed by atoms with Crippen molar-refractivity contribution >= 4 is 29.1 Å². The van der Waals surface area contributed by atoms with Crippen molar-refractivity contribution in [2.45, 2.75) is 4.34 Å². The number of hydrogen-bond donors (Lipinski definition) is 1. The van der Waals surface area contributed by atoms with Crippen LogP contribution in [0.2, 0.25) is 0 Å². The normalized spacial score (nSPS) is 8.00. The molecule has 1 heterocycles. The fourth-order valence-corrected chi connectivity index (χ4v) is 0.860. The van der Waals surface area contributed by atoms with Gasteiger partial charge in [-0.05, 0) is 4.34 Å². The Hall–Kier alpha value is 1.22. The maximum absolute atomic E-state index is 5.16. The SMILES string of the molecule is Nc1nnc([S-])s1.[K+]. The van der Waals surface area contributed by atoms with Gasteiger partial charge in [-0.15, -0.1) is 5.10 Å². The maximum atomic E-state index is 5.16. The predicted molar refractivity (Wildman–Crippen MR) is 30.0 cm³/mol.